The smallest absolute Gasteiger partial charge is 0.326 e. The molecular formula is C15H16N2O4S. The molecule has 7 heteroatoms. The quantitative estimate of drug-likeness (QED) is 0.940. The number of carbonyl (C=O) groups is 2. The first kappa shape index (κ1) is 14.8. The minimum absolute atomic E-state index is 0.297. The summed E-state index contributed by atoms with van der Waals surface area (Å²) in [7, 11) is 0. The van der Waals surface area contributed by atoms with E-state index in [1.807, 2.05) is 12.3 Å². The van der Waals surface area contributed by atoms with Crippen LogP contribution >= 0.6 is 11.3 Å². The second-order valence-corrected chi connectivity index (χ2v) is 6.36. The highest BCUT2D eigenvalue weighted by Crippen LogP contribution is 2.26. The highest BCUT2D eigenvalue weighted by atomic mass is 32.1. The number of thiazole rings is 1. The monoisotopic (exact) mass is 320 g/mol. The Morgan fingerprint density at radius 1 is 1.45 bits per heavy atom. The summed E-state index contributed by atoms with van der Waals surface area (Å²) in [5.74, 6) is -0.725. The maximum absolute atomic E-state index is 12.5. The number of carboxylic acids is 1. The first-order valence-electron chi connectivity index (χ1n) is 7.11. The minimum atomic E-state index is -0.952. The van der Waals surface area contributed by atoms with E-state index >= 15 is 0 Å². The number of piperidine rings is 1. The number of amides is 1. The molecule has 0 bridgehead atoms. The highest BCUT2D eigenvalue weighted by Gasteiger charge is 2.33. The normalized spacial score (nSPS) is 18.4. The Labute approximate surface area is 131 Å². The van der Waals surface area contributed by atoms with Crippen molar-refractivity contribution >= 4 is 23.2 Å². The first-order chi connectivity index (χ1) is 10.6. The summed E-state index contributed by atoms with van der Waals surface area (Å²) >= 11 is 1.51. The molecule has 6 nitrogen and oxygen atoms in total. The third kappa shape index (κ3) is 2.76. The molecule has 1 saturated heterocycles. The van der Waals surface area contributed by atoms with E-state index in [-0.39, 0.29) is 5.91 Å². The van der Waals surface area contributed by atoms with Crippen LogP contribution in [0.1, 0.15) is 34.6 Å². The summed E-state index contributed by atoms with van der Waals surface area (Å²) in [5.41, 5.74) is 1.06. The van der Waals surface area contributed by atoms with Crippen LogP contribution < -0.4 is 0 Å². The topological polar surface area (TPSA) is 83.6 Å². The molecule has 1 aliphatic rings. The van der Waals surface area contributed by atoms with Gasteiger partial charge in [-0.1, -0.05) is 0 Å². The van der Waals surface area contributed by atoms with Gasteiger partial charge in [-0.25, -0.2) is 9.78 Å². The Bertz CT molecular complexity index is 706. The van der Waals surface area contributed by atoms with E-state index in [1.165, 1.54) is 22.5 Å². The second-order valence-electron chi connectivity index (χ2n) is 5.30. The number of hydrogen-bond donors (Lipinski definition) is 1. The Hall–Kier alpha value is -2.15. The first-order valence-corrected chi connectivity index (χ1v) is 7.99. The Balaban J connectivity index is 1.83. The van der Waals surface area contributed by atoms with Crippen molar-refractivity contribution in [2.45, 2.75) is 32.2 Å². The fraction of sp³-hybridized carbons (Fsp3) is 0.400. The molecule has 2 aromatic heterocycles. The van der Waals surface area contributed by atoms with E-state index in [0.717, 1.165) is 17.8 Å². The molecule has 0 saturated carbocycles. The van der Waals surface area contributed by atoms with Crippen LogP contribution in [0.2, 0.25) is 0 Å². The zero-order valence-electron chi connectivity index (χ0n) is 12.1. The van der Waals surface area contributed by atoms with Gasteiger partial charge in [-0.15, -0.1) is 11.3 Å². The number of carbonyl (C=O) groups excluding carboxylic acids is 1. The SMILES string of the molecule is Cc1nc(-c2cc(C(=O)N3CCCCC3C(=O)O)co2)cs1. The minimum Gasteiger partial charge on any atom is -0.480 e. The van der Waals surface area contributed by atoms with Gasteiger partial charge in [0, 0.05) is 11.9 Å². The van der Waals surface area contributed by atoms with Gasteiger partial charge >= 0.3 is 5.97 Å². The van der Waals surface area contributed by atoms with Crippen LogP contribution in [-0.2, 0) is 4.79 Å². The van der Waals surface area contributed by atoms with Crippen molar-refractivity contribution in [3.05, 3.63) is 28.3 Å². The lowest BCUT2D eigenvalue weighted by atomic mass is 10.0. The number of rotatable bonds is 3. The zero-order valence-corrected chi connectivity index (χ0v) is 12.9. The van der Waals surface area contributed by atoms with Crippen LogP contribution in [0.4, 0.5) is 0 Å². The van der Waals surface area contributed by atoms with Crippen LogP contribution in [0.25, 0.3) is 11.5 Å². The largest absolute Gasteiger partial charge is 0.480 e. The number of furan rings is 1. The third-order valence-electron chi connectivity index (χ3n) is 3.77. The zero-order chi connectivity index (χ0) is 15.7. The number of hydrogen-bond acceptors (Lipinski definition) is 5. The highest BCUT2D eigenvalue weighted by molar-refractivity contribution is 7.09. The molecule has 0 aliphatic carbocycles. The number of carboxylic acid groups (broad SMARTS) is 1. The molecule has 0 radical (unpaired) electrons. The van der Waals surface area contributed by atoms with E-state index in [4.69, 9.17) is 4.42 Å². The van der Waals surface area contributed by atoms with Crippen molar-refractivity contribution in [1.29, 1.82) is 0 Å². The Kier molecular flexibility index (Phi) is 3.98. The van der Waals surface area contributed by atoms with Crippen molar-refractivity contribution < 1.29 is 19.1 Å². The van der Waals surface area contributed by atoms with Crippen molar-refractivity contribution in [3.63, 3.8) is 0 Å². The van der Waals surface area contributed by atoms with Crippen molar-refractivity contribution in [3.8, 4) is 11.5 Å². The fourth-order valence-corrected chi connectivity index (χ4v) is 3.26. The lowest BCUT2D eigenvalue weighted by Gasteiger charge is -2.32. The van der Waals surface area contributed by atoms with E-state index in [0.29, 0.717) is 30.0 Å². The number of nitrogens with zero attached hydrogens (tertiary/aromatic N) is 2. The lowest BCUT2D eigenvalue weighted by molar-refractivity contribution is -0.143. The average Bonchev–Trinajstić information content (AvgIpc) is 3.15. The molecule has 0 spiro atoms. The van der Waals surface area contributed by atoms with Crippen LogP contribution in [0.15, 0.2) is 22.1 Å². The van der Waals surface area contributed by atoms with Crippen LogP contribution in [0.5, 0.6) is 0 Å². The number of aromatic nitrogens is 1. The molecule has 1 atom stereocenters. The molecular weight excluding hydrogens is 304 g/mol. The molecule has 22 heavy (non-hydrogen) atoms. The van der Waals surface area contributed by atoms with Gasteiger partial charge in [0.1, 0.15) is 18.0 Å². The van der Waals surface area contributed by atoms with Gasteiger partial charge in [0.25, 0.3) is 5.91 Å². The molecule has 116 valence electrons. The molecule has 1 aliphatic heterocycles. The lowest BCUT2D eigenvalue weighted by Crippen LogP contribution is -2.47. The molecule has 1 unspecified atom stereocenters. The van der Waals surface area contributed by atoms with E-state index in [9.17, 15) is 14.7 Å². The summed E-state index contributed by atoms with van der Waals surface area (Å²) in [4.78, 5) is 29.6. The number of likely N-dealkylation sites (tertiary alicyclic amines) is 1. The van der Waals surface area contributed by atoms with Crippen LogP contribution in [0.3, 0.4) is 0 Å². The summed E-state index contributed by atoms with van der Waals surface area (Å²) < 4.78 is 5.42. The van der Waals surface area contributed by atoms with Gasteiger partial charge in [0.15, 0.2) is 5.76 Å². The number of aliphatic carboxylic acids is 1. The van der Waals surface area contributed by atoms with Crippen molar-refractivity contribution in [1.82, 2.24) is 9.88 Å². The van der Waals surface area contributed by atoms with Crippen molar-refractivity contribution in [2.24, 2.45) is 0 Å². The van der Waals surface area contributed by atoms with E-state index in [2.05, 4.69) is 4.98 Å². The maximum atomic E-state index is 12.5. The van der Waals surface area contributed by atoms with Crippen molar-refractivity contribution in [2.75, 3.05) is 6.54 Å². The summed E-state index contributed by atoms with van der Waals surface area (Å²) in [5, 5.41) is 12.0. The standard InChI is InChI=1S/C15H16N2O4S/c1-9-16-11(8-22-9)13-6-10(7-21-13)14(18)17-5-3-2-4-12(17)15(19)20/h6-8,12H,2-5H2,1H3,(H,19,20). The van der Waals surface area contributed by atoms with Gasteiger partial charge in [-0.05, 0) is 32.3 Å². The molecule has 1 fully saturated rings. The summed E-state index contributed by atoms with van der Waals surface area (Å²) in [6, 6.07) is 0.880. The summed E-state index contributed by atoms with van der Waals surface area (Å²) in [6.07, 6.45) is 3.53. The van der Waals surface area contributed by atoms with Gasteiger partial charge in [-0.2, -0.15) is 0 Å². The molecule has 2 aromatic rings. The molecule has 3 rings (SSSR count). The second kappa shape index (κ2) is 5.92. The van der Waals surface area contributed by atoms with Crippen LogP contribution in [0, 0.1) is 6.92 Å². The summed E-state index contributed by atoms with van der Waals surface area (Å²) in [6.45, 7) is 2.36. The molecule has 3 heterocycles. The Morgan fingerprint density at radius 3 is 2.95 bits per heavy atom. The molecule has 0 aromatic carbocycles. The number of aryl methyl sites for hydroxylation is 1. The van der Waals surface area contributed by atoms with Gasteiger partial charge < -0.3 is 14.4 Å². The third-order valence-corrected chi connectivity index (χ3v) is 4.54. The fourth-order valence-electron chi connectivity index (χ4n) is 2.66. The van der Waals surface area contributed by atoms with E-state index in [1.54, 1.807) is 6.07 Å². The average molecular weight is 320 g/mol. The van der Waals surface area contributed by atoms with Gasteiger partial charge in [0.2, 0.25) is 0 Å². The molecule has 1 N–H and O–H groups in total. The van der Waals surface area contributed by atoms with Gasteiger partial charge in [0.05, 0.1) is 10.6 Å². The van der Waals surface area contributed by atoms with Crippen LogP contribution in [-0.4, -0.2) is 39.5 Å². The van der Waals surface area contributed by atoms with Gasteiger partial charge in [-0.3, -0.25) is 4.79 Å². The molecule has 1 amide bonds. The maximum Gasteiger partial charge on any atom is 0.326 e. The predicted molar refractivity (Wildman–Crippen MR) is 80.9 cm³/mol. The predicted octanol–water partition coefficient (Wildman–Crippen LogP) is 2.79. The Morgan fingerprint density at radius 2 is 2.27 bits per heavy atom. The van der Waals surface area contributed by atoms with E-state index < -0.39 is 12.0 Å².